The number of nitrogens with zero attached hydrogens (tertiary/aromatic N) is 1. The summed E-state index contributed by atoms with van der Waals surface area (Å²) in [6, 6.07) is 0. The van der Waals surface area contributed by atoms with Gasteiger partial charge in [0, 0.05) is 11.8 Å². The molecule has 0 atom stereocenters. The zero-order chi connectivity index (χ0) is 12.0. The van der Waals surface area contributed by atoms with Crippen molar-refractivity contribution in [2.75, 3.05) is 0 Å². The molecule has 0 radical (unpaired) electrons. The van der Waals surface area contributed by atoms with Crippen molar-refractivity contribution >= 4 is 64.1 Å². The van der Waals surface area contributed by atoms with E-state index in [2.05, 4.69) is 50.2 Å². The van der Waals surface area contributed by atoms with E-state index >= 15 is 0 Å². The minimum Gasteiger partial charge on any atom is -0.272 e. The normalized spacial score (nSPS) is 10.9. The Balaban J connectivity index is 3.14. The molecule has 1 aromatic heterocycles. The highest BCUT2D eigenvalue weighted by atomic mass is 14.6. The molecule has 1 heterocycles. The van der Waals surface area contributed by atoms with E-state index in [0.717, 1.165) is 5.59 Å². The molecule has 0 bridgehead atoms. The lowest BCUT2D eigenvalue weighted by Gasteiger charge is -2.17. The number of aromatic nitrogens is 1. The van der Waals surface area contributed by atoms with E-state index in [1.165, 1.54) is 38.3 Å². The van der Waals surface area contributed by atoms with Crippen LogP contribution in [0.5, 0.6) is 0 Å². The SMILES string of the molecule is Bc1cnc(B)c2c(B)c(C)c(C)c(B)c12. The third-order valence-corrected chi connectivity index (χ3v) is 3.90. The average Bonchev–Trinajstić information content (AvgIpc) is 2.26. The van der Waals surface area contributed by atoms with Gasteiger partial charge >= 0.3 is 0 Å². The molecule has 0 saturated carbocycles. The molecule has 16 heavy (non-hydrogen) atoms. The Kier molecular flexibility index (Phi) is 2.65. The Morgan fingerprint density at radius 1 is 0.875 bits per heavy atom. The molecule has 0 aliphatic rings. The van der Waals surface area contributed by atoms with Gasteiger partial charge in [-0.25, -0.2) is 0 Å². The van der Waals surface area contributed by atoms with Crippen LogP contribution in [0.25, 0.3) is 10.8 Å². The van der Waals surface area contributed by atoms with Gasteiger partial charge in [0.05, 0.1) is 0 Å². The van der Waals surface area contributed by atoms with Gasteiger partial charge in [-0.15, -0.1) is 0 Å². The fraction of sp³-hybridized carbons (Fsp3) is 0.182. The van der Waals surface area contributed by atoms with Gasteiger partial charge in [-0.2, -0.15) is 0 Å². The molecule has 0 N–H and O–H groups in total. The van der Waals surface area contributed by atoms with Gasteiger partial charge in [0.1, 0.15) is 23.5 Å². The van der Waals surface area contributed by atoms with E-state index in [9.17, 15) is 0 Å². The largest absolute Gasteiger partial charge is 0.272 e. The molecule has 5 heteroatoms. The Hall–Kier alpha value is -1.11. The fourth-order valence-corrected chi connectivity index (χ4v) is 2.58. The lowest BCUT2D eigenvalue weighted by Crippen LogP contribution is -2.32. The Labute approximate surface area is 101 Å². The van der Waals surface area contributed by atoms with Gasteiger partial charge in [0.15, 0.2) is 7.85 Å². The molecule has 0 saturated heterocycles. The van der Waals surface area contributed by atoms with Gasteiger partial charge in [0.25, 0.3) is 0 Å². The first-order chi connectivity index (χ1) is 7.45. The van der Waals surface area contributed by atoms with Crippen LogP contribution in [0.15, 0.2) is 6.20 Å². The van der Waals surface area contributed by atoms with Crippen molar-refractivity contribution in [3.05, 3.63) is 17.3 Å². The fourth-order valence-electron chi connectivity index (χ4n) is 2.58. The zero-order valence-electron chi connectivity index (χ0n) is 11.0. The molecule has 76 valence electrons. The maximum atomic E-state index is 4.48. The molecule has 2 rings (SSSR count). The summed E-state index contributed by atoms with van der Waals surface area (Å²) < 4.78 is 0. The Morgan fingerprint density at radius 2 is 1.38 bits per heavy atom. The van der Waals surface area contributed by atoms with E-state index in [0.29, 0.717) is 0 Å². The summed E-state index contributed by atoms with van der Waals surface area (Å²) in [5, 5.41) is 2.74. The number of fused-ring (bicyclic) bond motifs is 1. The number of rotatable bonds is 0. The lowest BCUT2D eigenvalue weighted by atomic mass is 9.71. The third-order valence-electron chi connectivity index (χ3n) is 3.90. The standard InChI is InChI=1S/C11H15B4N/c1-4-5(2)10(14)8-7(9(4)13)6(12)3-16-11(8)15/h3H,12-15H2,1-2H3. The molecule has 2 aromatic rings. The molecule has 0 aliphatic heterocycles. The first-order valence-electron chi connectivity index (χ1n) is 5.77. The monoisotopic (exact) mass is 205 g/mol. The smallest absolute Gasteiger partial charge is 0.164 e. The van der Waals surface area contributed by atoms with Gasteiger partial charge in [-0.1, -0.05) is 27.5 Å². The molecule has 1 nitrogen and oxygen atoms in total. The van der Waals surface area contributed by atoms with Crippen LogP contribution in [-0.2, 0) is 0 Å². The quantitative estimate of drug-likeness (QED) is 0.398. The summed E-state index contributed by atoms with van der Waals surface area (Å²) in [6.45, 7) is 4.42. The maximum Gasteiger partial charge on any atom is 0.164 e. The van der Waals surface area contributed by atoms with Crippen LogP contribution >= 0.6 is 0 Å². The van der Waals surface area contributed by atoms with Crippen molar-refractivity contribution in [3.8, 4) is 0 Å². The van der Waals surface area contributed by atoms with Crippen molar-refractivity contribution in [3.63, 3.8) is 0 Å². The van der Waals surface area contributed by atoms with Gasteiger partial charge in [-0.05, 0) is 24.6 Å². The minimum absolute atomic E-state index is 1.14. The summed E-state index contributed by atoms with van der Waals surface area (Å²) in [5.41, 5.74) is 8.03. The van der Waals surface area contributed by atoms with Crippen LogP contribution in [-0.4, -0.2) is 36.4 Å². The predicted octanol–water partition coefficient (Wildman–Crippen LogP) is -4.11. The summed E-state index contributed by atoms with van der Waals surface area (Å²) in [5.74, 6) is 0. The maximum absolute atomic E-state index is 4.48. The van der Waals surface area contributed by atoms with Gasteiger partial charge in [0.2, 0.25) is 0 Å². The van der Waals surface area contributed by atoms with Crippen molar-refractivity contribution < 1.29 is 0 Å². The highest BCUT2D eigenvalue weighted by molar-refractivity contribution is 6.56. The second-order valence-electron chi connectivity index (χ2n) is 4.78. The highest BCUT2D eigenvalue weighted by Gasteiger charge is 2.12. The van der Waals surface area contributed by atoms with Crippen LogP contribution < -0.4 is 22.0 Å². The van der Waals surface area contributed by atoms with Crippen molar-refractivity contribution in [1.29, 1.82) is 0 Å². The van der Waals surface area contributed by atoms with E-state index in [1.807, 2.05) is 6.20 Å². The lowest BCUT2D eigenvalue weighted by molar-refractivity contribution is 1.40. The summed E-state index contributed by atoms with van der Waals surface area (Å²) in [7, 11) is 8.67. The van der Waals surface area contributed by atoms with Crippen LogP contribution in [0.2, 0.25) is 0 Å². The second-order valence-corrected chi connectivity index (χ2v) is 4.78. The summed E-state index contributed by atoms with van der Waals surface area (Å²) in [4.78, 5) is 4.48. The van der Waals surface area contributed by atoms with E-state index in [-0.39, 0.29) is 0 Å². The topological polar surface area (TPSA) is 12.9 Å². The Bertz CT molecular complexity index is 540. The first kappa shape index (κ1) is 11.4. The van der Waals surface area contributed by atoms with Crippen LogP contribution in [0.4, 0.5) is 0 Å². The molecule has 0 aliphatic carbocycles. The predicted molar refractivity (Wildman–Crippen MR) is 83.9 cm³/mol. The van der Waals surface area contributed by atoms with Gasteiger partial charge < -0.3 is 0 Å². The molecular weight excluding hydrogens is 189 g/mol. The van der Waals surface area contributed by atoms with Gasteiger partial charge in [-0.3, -0.25) is 4.98 Å². The Morgan fingerprint density at radius 3 is 1.94 bits per heavy atom. The van der Waals surface area contributed by atoms with Crippen molar-refractivity contribution in [2.45, 2.75) is 13.8 Å². The van der Waals surface area contributed by atoms with Crippen LogP contribution in [0.1, 0.15) is 11.1 Å². The van der Waals surface area contributed by atoms with E-state index in [1.54, 1.807) is 0 Å². The van der Waals surface area contributed by atoms with E-state index in [4.69, 9.17) is 0 Å². The zero-order valence-corrected chi connectivity index (χ0v) is 11.0. The van der Waals surface area contributed by atoms with Crippen LogP contribution in [0.3, 0.4) is 0 Å². The van der Waals surface area contributed by atoms with Crippen molar-refractivity contribution in [2.24, 2.45) is 0 Å². The average molecular weight is 204 g/mol. The molecule has 0 unspecified atom stereocenters. The number of hydrogen-bond donors (Lipinski definition) is 0. The first-order valence-corrected chi connectivity index (χ1v) is 5.77. The summed E-state index contributed by atoms with van der Waals surface area (Å²) >= 11 is 0. The summed E-state index contributed by atoms with van der Waals surface area (Å²) in [6.07, 6.45) is 1.98. The minimum atomic E-state index is 1.14. The molecule has 0 spiro atoms. The molecular formula is C11H15B4N. The molecule has 0 amide bonds. The highest BCUT2D eigenvalue weighted by Crippen LogP contribution is 2.09. The van der Waals surface area contributed by atoms with Crippen LogP contribution in [0, 0.1) is 13.8 Å². The molecule has 0 fully saturated rings. The number of benzene rings is 1. The second kappa shape index (κ2) is 3.73. The number of hydrogen-bond acceptors (Lipinski definition) is 1. The van der Waals surface area contributed by atoms with Crippen molar-refractivity contribution in [1.82, 2.24) is 4.98 Å². The number of pyridine rings is 1. The van der Waals surface area contributed by atoms with E-state index < -0.39 is 0 Å². The third kappa shape index (κ3) is 1.41. The molecule has 1 aromatic carbocycles.